The summed E-state index contributed by atoms with van der Waals surface area (Å²) in [5.74, 6) is -0.0393. The number of sulfonamides is 1. The van der Waals surface area contributed by atoms with Crippen molar-refractivity contribution < 1.29 is 18.1 Å². The highest BCUT2D eigenvalue weighted by atomic mass is 32.2. The van der Waals surface area contributed by atoms with E-state index in [4.69, 9.17) is 0 Å². The second-order valence-corrected chi connectivity index (χ2v) is 8.05. The number of nitro benzene ring substituents is 1. The number of carbonyl (C=O) groups is 1. The molecule has 1 saturated heterocycles. The van der Waals surface area contributed by atoms with Crippen molar-refractivity contribution in [1.29, 1.82) is 0 Å². The summed E-state index contributed by atoms with van der Waals surface area (Å²) in [6.45, 7) is 3.28. The molecule has 0 spiro atoms. The van der Waals surface area contributed by atoms with E-state index in [0.717, 1.165) is 6.07 Å². The lowest BCUT2D eigenvalue weighted by Gasteiger charge is -2.35. The number of nitro groups is 1. The van der Waals surface area contributed by atoms with Gasteiger partial charge >= 0.3 is 0 Å². The second-order valence-electron chi connectivity index (χ2n) is 6.37. The number of anilines is 2. The summed E-state index contributed by atoms with van der Waals surface area (Å²) in [6.07, 6.45) is 0. The van der Waals surface area contributed by atoms with Gasteiger partial charge in [0.25, 0.3) is 15.7 Å². The SMILES string of the molecule is CC(=O)N1CCN(c2ccc(S(=O)(=O)Nc3ccccc3)cc2[N+](=O)[O-])CC1. The van der Waals surface area contributed by atoms with Crippen LogP contribution < -0.4 is 9.62 Å². The van der Waals surface area contributed by atoms with Crippen LogP contribution in [0.1, 0.15) is 6.92 Å². The molecule has 9 nitrogen and oxygen atoms in total. The van der Waals surface area contributed by atoms with Gasteiger partial charge in [0, 0.05) is 44.9 Å². The number of nitrogens with zero attached hydrogens (tertiary/aromatic N) is 3. The highest BCUT2D eigenvalue weighted by Crippen LogP contribution is 2.32. The van der Waals surface area contributed by atoms with Crippen molar-refractivity contribution in [2.75, 3.05) is 35.8 Å². The first-order valence-corrected chi connectivity index (χ1v) is 10.1. The Hall–Kier alpha value is -3.14. The topological polar surface area (TPSA) is 113 Å². The third kappa shape index (κ3) is 4.22. The summed E-state index contributed by atoms with van der Waals surface area (Å²) in [7, 11) is -3.96. The molecule has 1 heterocycles. The molecule has 1 N–H and O–H groups in total. The molecule has 2 aromatic rings. The summed E-state index contributed by atoms with van der Waals surface area (Å²) in [5.41, 5.74) is 0.425. The van der Waals surface area contributed by atoms with Crippen molar-refractivity contribution in [1.82, 2.24) is 4.90 Å². The summed E-state index contributed by atoms with van der Waals surface area (Å²) < 4.78 is 27.6. The van der Waals surface area contributed by atoms with Gasteiger partial charge in [-0.2, -0.15) is 0 Å². The van der Waals surface area contributed by atoms with Crippen molar-refractivity contribution in [2.45, 2.75) is 11.8 Å². The highest BCUT2D eigenvalue weighted by Gasteiger charge is 2.27. The van der Waals surface area contributed by atoms with Crippen molar-refractivity contribution in [2.24, 2.45) is 0 Å². The van der Waals surface area contributed by atoms with E-state index in [1.807, 2.05) is 0 Å². The molecule has 1 aliphatic heterocycles. The zero-order valence-electron chi connectivity index (χ0n) is 15.2. The summed E-state index contributed by atoms with van der Waals surface area (Å²) in [6, 6.07) is 12.2. The van der Waals surface area contributed by atoms with Crippen LogP contribution in [0.5, 0.6) is 0 Å². The summed E-state index contributed by atoms with van der Waals surface area (Å²) >= 11 is 0. The van der Waals surface area contributed by atoms with E-state index in [9.17, 15) is 23.3 Å². The standard InChI is InChI=1S/C18H20N4O5S/c1-14(23)20-9-11-21(12-10-20)17-8-7-16(13-18(17)22(24)25)28(26,27)19-15-5-3-2-4-6-15/h2-8,13,19H,9-12H2,1H3. The molecule has 0 aromatic heterocycles. The molecule has 148 valence electrons. The Morgan fingerprint density at radius 3 is 2.29 bits per heavy atom. The van der Waals surface area contributed by atoms with Crippen LogP contribution in [0.3, 0.4) is 0 Å². The van der Waals surface area contributed by atoms with Gasteiger partial charge in [0.05, 0.1) is 9.82 Å². The highest BCUT2D eigenvalue weighted by molar-refractivity contribution is 7.92. The van der Waals surface area contributed by atoms with Gasteiger partial charge in [0.2, 0.25) is 5.91 Å². The zero-order chi connectivity index (χ0) is 20.3. The Kier molecular flexibility index (Phi) is 5.50. The van der Waals surface area contributed by atoms with Crippen molar-refractivity contribution in [3.05, 3.63) is 58.6 Å². The van der Waals surface area contributed by atoms with Gasteiger partial charge in [-0.1, -0.05) is 18.2 Å². The number of rotatable bonds is 5. The Morgan fingerprint density at radius 2 is 1.71 bits per heavy atom. The largest absolute Gasteiger partial charge is 0.362 e. The molecule has 0 atom stereocenters. The number of benzene rings is 2. The monoisotopic (exact) mass is 404 g/mol. The third-order valence-electron chi connectivity index (χ3n) is 4.55. The maximum atomic E-state index is 12.6. The van der Waals surface area contributed by atoms with Crippen LogP contribution in [0.25, 0.3) is 0 Å². The molecule has 2 aromatic carbocycles. The third-order valence-corrected chi connectivity index (χ3v) is 5.92. The molecular weight excluding hydrogens is 384 g/mol. The fraction of sp³-hybridized carbons (Fsp3) is 0.278. The molecule has 0 unspecified atom stereocenters. The molecule has 10 heteroatoms. The van der Waals surface area contributed by atoms with E-state index in [2.05, 4.69) is 4.72 Å². The Morgan fingerprint density at radius 1 is 1.07 bits per heavy atom. The fourth-order valence-corrected chi connectivity index (χ4v) is 4.14. The van der Waals surface area contributed by atoms with Crippen molar-refractivity contribution in [3.8, 4) is 0 Å². The minimum Gasteiger partial charge on any atom is -0.362 e. The minimum atomic E-state index is -3.96. The van der Waals surface area contributed by atoms with Crippen molar-refractivity contribution in [3.63, 3.8) is 0 Å². The first-order chi connectivity index (χ1) is 13.3. The molecule has 0 aliphatic carbocycles. The second kappa shape index (κ2) is 7.85. The number of carbonyl (C=O) groups excluding carboxylic acids is 1. The van der Waals surface area contributed by atoms with Gasteiger partial charge in [-0.05, 0) is 24.3 Å². The Labute approximate surface area is 162 Å². The number of amides is 1. The first kappa shape index (κ1) is 19.6. The van der Waals surface area contributed by atoms with Gasteiger partial charge in [-0.3, -0.25) is 19.6 Å². The van der Waals surface area contributed by atoms with Crippen LogP contribution in [0.15, 0.2) is 53.4 Å². The number of para-hydroxylation sites is 1. The minimum absolute atomic E-state index is 0.0393. The molecule has 1 fully saturated rings. The number of hydrogen-bond donors (Lipinski definition) is 1. The van der Waals surface area contributed by atoms with E-state index in [1.54, 1.807) is 40.1 Å². The smallest absolute Gasteiger partial charge is 0.293 e. The molecular formula is C18H20N4O5S. The van der Waals surface area contributed by atoms with E-state index >= 15 is 0 Å². The van der Waals surface area contributed by atoms with E-state index < -0.39 is 14.9 Å². The van der Waals surface area contributed by atoms with Crippen LogP contribution in [-0.2, 0) is 14.8 Å². The number of nitrogens with one attached hydrogen (secondary N) is 1. The predicted octanol–water partition coefficient (Wildman–Crippen LogP) is 2.06. The number of piperazine rings is 1. The average Bonchev–Trinajstić information content (AvgIpc) is 2.68. The zero-order valence-corrected chi connectivity index (χ0v) is 16.1. The molecule has 3 rings (SSSR count). The summed E-state index contributed by atoms with van der Waals surface area (Å²) in [5, 5.41) is 11.6. The van der Waals surface area contributed by atoms with Crippen LogP contribution in [0.4, 0.5) is 17.1 Å². The van der Waals surface area contributed by atoms with Gasteiger partial charge in [-0.25, -0.2) is 8.42 Å². The van der Waals surface area contributed by atoms with E-state index in [0.29, 0.717) is 37.6 Å². The molecule has 1 amide bonds. The first-order valence-electron chi connectivity index (χ1n) is 8.65. The maximum absolute atomic E-state index is 12.6. The number of hydrogen-bond acceptors (Lipinski definition) is 6. The molecule has 0 bridgehead atoms. The molecule has 0 saturated carbocycles. The Bertz CT molecular complexity index is 986. The van der Waals surface area contributed by atoms with Crippen LogP contribution in [-0.4, -0.2) is 50.3 Å². The van der Waals surface area contributed by atoms with E-state index in [-0.39, 0.29) is 16.5 Å². The molecule has 28 heavy (non-hydrogen) atoms. The maximum Gasteiger partial charge on any atom is 0.293 e. The predicted molar refractivity (Wildman–Crippen MR) is 105 cm³/mol. The van der Waals surface area contributed by atoms with Crippen LogP contribution in [0.2, 0.25) is 0 Å². The summed E-state index contributed by atoms with van der Waals surface area (Å²) in [4.78, 5) is 25.7. The fourth-order valence-electron chi connectivity index (χ4n) is 3.07. The van der Waals surface area contributed by atoms with Crippen LogP contribution in [0, 0.1) is 10.1 Å². The van der Waals surface area contributed by atoms with Gasteiger partial charge in [0.15, 0.2) is 0 Å². The molecule has 1 aliphatic rings. The molecule has 0 radical (unpaired) electrons. The normalized spacial score (nSPS) is 14.6. The Balaban J connectivity index is 1.87. The van der Waals surface area contributed by atoms with Gasteiger partial charge in [-0.15, -0.1) is 0 Å². The lowest BCUT2D eigenvalue weighted by molar-refractivity contribution is -0.384. The van der Waals surface area contributed by atoms with E-state index in [1.165, 1.54) is 19.1 Å². The van der Waals surface area contributed by atoms with Crippen molar-refractivity contribution >= 4 is 33.0 Å². The van der Waals surface area contributed by atoms with Gasteiger partial charge in [0.1, 0.15) is 5.69 Å². The lowest BCUT2D eigenvalue weighted by atomic mass is 10.2. The average molecular weight is 404 g/mol. The quantitative estimate of drug-likeness (QED) is 0.603. The van der Waals surface area contributed by atoms with Crippen LogP contribution >= 0.6 is 0 Å². The lowest BCUT2D eigenvalue weighted by Crippen LogP contribution is -2.48. The van der Waals surface area contributed by atoms with Gasteiger partial charge < -0.3 is 9.80 Å².